The number of unbranched alkanes of at least 4 members (excludes halogenated alkanes) is 3. The second kappa shape index (κ2) is 10.6. The number of rotatable bonds is 11. The normalized spacial score (nSPS) is 11.6. The topological polar surface area (TPSA) is 39.2 Å². The van der Waals surface area contributed by atoms with E-state index < -0.39 is 18.4 Å². The molecule has 5 heteroatoms. The van der Waals surface area contributed by atoms with E-state index in [0.717, 1.165) is 0 Å². The van der Waals surface area contributed by atoms with E-state index in [-0.39, 0.29) is 5.97 Å². The van der Waals surface area contributed by atoms with E-state index in [2.05, 4.69) is 26.2 Å². The maximum absolute atomic E-state index is 11.7. The van der Waals surface area contributed by atoms with Crippen molar-refractivity contribution in [1.82, 2.24) is 4.98 Å². The summed E-state index contributed by atoms with van der Waals surface area (Å²) in [7, 11) is 1.44. The average Bonchev–Trinajstić information content (AvgIpc) is 3.04. The fourth-order valence-corrected chi connectivity index (χ4v) is 20.9. The zero-order valence-corrected chi connectivity index (χ0v) is 18.3. The van der Waals surface area contributed by atoms with Crippen molar-refractivity contribution in [3.8, 4) is 0 Å². The molecule has 0 radical (unpaired) electrons. The van der Waals surface area contributed by atoms with Gasteiger partial charge in [0.05, 0.1) is 0 Å². The fraction of sp³-hybridized carbons (Fsp3) is 0.765. The summed E-state index contributed by atoms with van der Waals surface area (Å²) in [5, 5.41) is 2.73. The van der Waals surface area contributed by atoms with Crippen LogP contribution in [0.2, 0.25) is 13.3 Å². The van der Waals surface area contributed by atoms with Crippen molar-refractivity contribution in [2.24, 2.45) is 0 Å². The number of methoxy groups -OCH3 is 1. The number of hydrogen-bond acceptors (Lipinski definition) is 4. The first-order valence-corrected chi connectivity index (χ1v) is 17.0. The molecule has 0 atom stereocenters. The third kappa shape index (κ3) is 5.51. The van der Waals surface area contributed by atoms with Crippen LogP contribution in [0, 0.1) is 0 Å². The van der Waals surface area contributed by atoms with Gasteiger partial charge in [0.2, 0.25) is 0 Å². The Morgan fingerprint density at radius 2 is 1.59 bits per heavy atom. The molecule has 0 aliphatic heterocycles. The van der Waals surface area contributed by atoms with Gasteiger partial charge in [0.15, 0.2) is 0 Å². The Morgan fingerprint density at radius 1 is 1.09 bits per heavy atom. The number of carbonyl (C=O) groups is 1. The fourth-order valence-electron chi connectivity index (χ4n) is 3.00. The maximum atomic E-state index is 11.7. The van der Waals surface area contributed by atoms with Gasteiger partial charge in [-0.25, -0.2) is 0 Å². The summed E-state index contributed by atoms with van der Waals surface area (Å²) >= 11 is -0.987. The molecule has 0 aliphatic carbocycles. The standard InChI is InChI=1S/C5H4NO2S.3C4H9.Sn/c1-8-5(7)4-6-2-3-9-4;3*1-3-4-2;/h3H,1H3;3*1,3-4H2,2H3;. The second-order valence-corrected chi connectivity index (χ2v) is 20.0. The summed E-state index contributed by atoms with van der Waals surface area (Å²) in [5.74, 6) is -0.280. The van der Waals surface area contributed by atoms with Gasteiger partial charge < -0.3 is 0 Å². The van der Waals surface area contributed by atoms with E-state index >= 15 is 0 Å². The molecule has 1 aromatic rings. The molecule has 126 valence electrons. The Labute approximate surface area is 143 Å². The van der Waals surface area contributed by atoms with Gasteiger partial charge in [-0.2, -0.15) is 0 Å². The molecule has 0 aromatic carbocycles. The van der Waals surface area contributed by atoms with Crippen molar-refractivity contribution in [1.29, 1.82) is 0 Å². The molecule has 3 nitrogen and oxygen atoms in total. The molecule has 1 heterocycles. The Hall–Kier alpha value is -0.101. The summed E-state index contributed by atoms with van der Waals surface area (Å²) in [6.45, 7) is 6.82. The van der Waals surface area contributed by atoms with Crippen LogP contribution in [0.1, 0.15) is 69.1 Å². The Balaban J connectivity index is 3.07. The van der Waals surface area contributed by atoms with Gasteiger partial charge in [-0.05, 0) is 0 Å². The van der Waals surface area contributed by atoms with Gasteiger partial charge >= 0.3 is 144 Å². The van der Waals surface area contributed by atoms with E-state index in [4.69, 9.17) is 9.72 Å². The van der Waals surface area contributed by atoms with Crippen molar-refractivity contribution >= 4 is 39.4 Å². The third-order valence-corrected chi connectivity index (χ3v) is 20.9. The number of nitrogens with zero attached hydrogens (tertiary/aromatic N) is 1. The van der Waals surface area contributed by atoms with Crippen LogP contribution in [0.4, 0.5) is 0 Å². The van der Waals surface area contributed by atoms with Crippen LogP contribution in [0.25, 0.3) is 0 Å². The van der Waals surface area contributed by atoms with Gasteiger partial charge in [-0.1, -0.05) is 0 Å². The monoisotopic (exact) mass is 433 g/mol. The zero-order valence-electron chi connectivity index (χ0n) is 14.6. The predicted octanol–water partition coefficient (Wildman–Crippen LogP) is 4.99. The summed E-state index contributed by atoms with van der Waals surface area (Å²) in [4.78, 5) is 16.5. The molecule has 0 spiro atoms. The molecular weight excluding hydrogens is 401 g/mol. The minimum atomic E-state index is -2.46. The molecule has 1 aromatic heterocycles. The quantitative estimate of drug-likeness (QED) is 0.366. The van der Waals surface area contributed by atoms with Crippen LogP contribution < -0.4 is 3.71 Å². The van der Waals surface area contributed by atoms with Crippen molar-refractivity contribution in [3.63, 3.8) is 0 Å². The van der Waals surface area contributed by atoms with Crippen LogP contribution in [-0.2, 0) is 4.74 Å². The van der Waals surface area contributed by atoms with Crippen LogP contribution in [0.3, 0.4) is 0 Å². The first-order valence-electron chi connectivity index (χ1n) is 8.67. The number of carbonyl (C=O) groups excluding carboxylic acids is 1. The van der Waals surface area contributed by atoms with Gasteiger partial charge in [0.1, 0.15) is 0 Å². The van der Waals surface area contributed by atoms with Crippen LogP contribution in [-0.4, -0.2) is 36.4 Å². The molecule has 0 bridgehead atoms. The number of esters is 1. The van der Waals surface area contributed by atoms with E-state index in [1.54, 1.807) is 0 Å². The number of hydrogen-bond donors (Lipinski definition) is 0. The van der Waals surface area contributed by atoms with Crippen molar-refractivity contribution < 1.29 is 9.53 Å². The van der Waals surface area contributed by atoms with Crippen molar-refractivity contribution in [2.45, 2.75) is 72.6 Å². The number of ether oxygens (including phenoxy) is 1. The van der Waals surface area contributed by atoms with E-state index in [1.807, 2.05) is 0 Å². The average molecular weight is 432 g/mol. The Kier molecular flexibility index (Phi) is 9.64. The van der Waals surface area contributed by atoms with E-state index in [0.29, 0.717) is 5.01 Å². The molecular formula is C17H31NO2SSn. The molecule has 1 rings (SSSR count). The second-order valence-electron chi connectivity index (χ2n) is 6.12. The van der Waals surface area contributed by atoms with Gasteiger partial charge in [0.25, 0.3) is 0 Å². The molecule has 0 amide bonds. The molecule has 22 heavy (non-hydrogen) atoms. The van der Waals surface area contributed by atoms with Gasteiger partial charge in [0, 0.05) is 0 Å². The summed E-state index contributed by atoms with van der Waals surface area (Å²) in [6.07, 6.45) is 7.71. The molecule has 0 fully saturated rings. The minimum absolute atomic E-state index is 0.280. The number of thiazole rings is 1. The van der Waals surface area contributed by atoms with E-state index in [1.165, 1.54) is 74.0 Å². The first-order chi connectivity index (χ1) is 10.6. The van der Waals surface area contributed by atoms with Gasteiger partial charge in [-0.15, -0.1) is 0 Å². The summed E-state index contributed by atoms with van der Waals surface area (Å²) in [5.41, 5.74) is 0. The molecule has 0 aliphatic rings. The van der Waals surface area contributed by atoms with Crippen LogP contribution >= 0.6 is 11.3 Å². The van der Waals surface area contributed by atoms with Gasteiger partial charge in [-0.3, -0.25) is 0 Å². The number of aromatic nitrogens is 1. The molecule has 0 unspecified atom stereocenters. The Morgan fingerprint density at radius 3 is 2.00 bits per heavy atom. The summed E-state index contributed by atoms with van der Waals surface area (Å²) < 4.78 is 10.3. The summed E-state index contributed by atoms with van der Waals surface area (Å²) in [6, 6.07) is 0. The van der Waals surface area contributed by atoms with Crippen LogP contribution in [0.15, 0.2) is 5.38 Å². The van der Waals surface area contributed by atoms with Crippen molar-refractivity contribution in [3.05, 3.63) is 10.4 Å². The van der Waals surface area contributed by atoms with E-state index in [9.17, 15) is 4.79 Å². The Bertz CT molecular complexity index is 426. The third-order valence-electron chi connectivity index (χ3n) is 4.43. The molecule has 0 saturated heterocycles. The SMILES string of the molecule is CCC[CH2][Sn]([CH2]CCC)([CH2]CCC)[c]1csc(C(=O)OC)n1. The zero-order chi connectivity index (χ0) is 16.4. The van der Waals surface area contributed by atoms with Crippen LogP contribution in [0.5, 0.6) is 0 Å². The predicted molar refractivity (Wildman–Crippen MR) is 98.0 cm³/mol. The van der Waals surface area contributed by atoms with Crippen molar-refractivity contribution in [2.75, 3.05) is 7.11 Å². The molecule has 0 saturated carbocycles. The first kappa shape index (κ1) is 19.9. The molecule has 0 N–H and O–H groups in total.